The fourth-order valence-electron chi connectivity index (χ4n) is 3.91. The van der Waals surface area contributed by atoms with Crippen LogP contribution in [0.15, 0.2) is 0 Å². The minimum absolute atomic E-state index is 0.00295. The summed E-state index contributed by atoms with van der Waals surface area (Å²) in [6.45, 7) is 7.23. The van der Waals surface area contributed by atoms with Crippen LogP contribution >= 0.6 is 0 Å². The monoisotopic (exact) mass is 266 g/mol. The van der Waals surface area contributed by atoms with Crippen LogP contribution in [0, 0.1) is 5.92 Å². The molecule has 3 heterocycles. The second kappa shape index (κ2) is 5.06. The van der Waals surface area contributed by atoms with E-state index in [4.69, 9.17) is 4.74 Å². The standard InChI is InChI=1S/C15H26N2O2/c1-15(2)7-5-12(19-15)10-17-13-6-8-16-9-11(13)3-4-14(17)18/h11-13,16H,3-10H2,1-2H3. The molecule has 1 N–H and O–H groups in total. The van der Waals surface area contributed by atoms with Crippen LogP contribution in [0.3, 0.4) is 0 Å². The second-order valence-corrected chi connectivity index (χ2v) is 6.94. The molecule has 0 aromatic rings. The Morgan fingerprint density at radius 1 is 1.37 bits per heavy atom. The number of likely N-dealkylation sites (tertiary alicyclic amines) is 1. The number of carbonyl (C=O) groups excluding carboxylic acids is 1. The first-order valence-corrected chi connectivity index (χ1v) is 7.73. The van der Waals surface area contributed by atoms with Crippen LogP contribution in [-0.4, -0.2) is 48.2 Å². The Bertz CT molecular complexity index is 356. The number of hydrogen-bond donors (Lipinski definition) is 1. The van der Waals surface area contributed by atoms with Crippen molar-refractivity contribution in [2.24, 2.45) is 5.92 Å². The van der Waals surface area contributed by atoms with Crippen molar-refractivity contribution in [2.45, 2.75) is 63.7 Å². The van der Waals surface area contributed by atoms with E-state index in [0.717, 1.165) is 51.7 Å². The molecular formula is C15H26N2O2. The molecule has 3 aliphatic heterocycles. The molecule has 108 valence electrons. The maximum atomic E-state index is 12.2. The number of piperidine rings is 2. The van der Waals surface area contributed by atoms with Gasteiger partial charge in [0.1, 0.15) is 0 Å². The first-order valence-electron chi connectivity index (χ1n) is 7.73. The molecule has 3 saturated heterocycles. The predicted molar refractivity (Wildman–Crippen MR) is 73.9 cm³/mol. The quantitative estimate of drug-likeness (QED) is 0.824. The summed E-state index contributed by atoms with van der Waals surface area (Å²) in [6.07, 6.45) is 5.32. The summed E-state index contributed by atoms with van der Waals surface area (Å²) in [6, 6.07) is 0.454. The molecule has 19 heavy (non-hydrogen) atoms. The molecule has 0 bridgehead atoms. The first-order chi connectivity index (χ1) is 9.05. The Hall–Kier alpha value is -0.610. The summed E-state index contributed by atoms with van der Waals surface area (Å²) in [5.74, 6) is 0.998. The van der Waals surface area contributed by atoms with Crippen LogP contribution in [0.4, 0.5) is 0 Å². The maximum Gasteiger partial charge on any atom is 0.222 e. The lowest BCUT2D eigenvalue weighted by Crippen LogP contribution is -2.56. The van der Waals surface area contributed by atoms with Gasteiger partial charge in [0.05, 0.1) is 11.7 Å². The minimum atomic E-state index is -0.00295. The molecule has 0 radical (unpaired) electrons. The zero-order valence-electron chi connectivity index (χ0n) is 12.2. The first kappa shape index (κ1) is 13.4. The number of rotatable bonds is 2. The van der Waals surface area contributed by atoms with Gasteiger partial charge in [-0.2, -0.15) is 0 Å². The van der Waals surface area contributed by atoms with Gasteiger partial charge in [-0.3, -0.25) is 4.79 Å². The Labute approximate surface area is 115 Å². The summed E-state index contributed by atoms with van der Waals surface area (Å²) in [4.78, 5) is 14.4. The Balaban J connectivity index is 1.65. The maximum absolute atomic E-state index is 12.2. The van der Waals surface area contributed by atoms with E-state index in [-0.39, 0.29) is 11.7 Å². The number of fused-ring (bicyclic) bond motifs is 1. The van der Waals surface area contributed by atoms with E-state index < -0.39 is 0 Å². The average molecular weight is 266 g/mol. The molecular weight excluding hydrogens is 240 g/mol. The molecule has 3 rings (SSSR count). The lowest BCUT2D eigenvalue weighted by atomic mass is 9.84. The third-order valence-corrected chi connectivity index (χ3v) is 4.97. The molecule has 1 amide bonds. The van der Waals surface area contributed by atoms with Crippen LogP contribution < -0.4 is 5.32 Å². The number of nitrogens with one attached hydrogen (secondary N) is 1. The number of hydrogen-bond acceptors (Lipinski definition) is 3. The average Bonchev–Trinajstić information content (AvgIpc) is 2.72. The fraction of sp³-hybridized carbons (Fsp3) is 0.933. The normalized spacial score (nSPS) is 38.3. The van der Waals surface area contributed by atoms with Crippen LogP contribution in [0.1, 0.15) is 46.0 Å². The molecule has 0 aliphatic carbocycles. The van der Waals surface area contributed by atoms with Crippen LogP contribution in [-0.2, 0) is 9.53 Å². The molecule has 4 heteroatoms. The molecule has 3 atom stereocenters. The summed E-state index contributed by atoms with van der Waals surface area (Å²) >= 11 is 0. The van der Waals surface area contributed by atoms with Gasteiger partial charge in [0, 0.05) is 19.0 Å². The Morgan fingerprint density at radius 2 is 2.21 bits per heavy atom. The molecule has 0 aromatic heterocycles. The highest BCUT2D eigenvalue weighted by Gasteiger charge is 2.40. The second-order valence-electron chi connectivity index (χ2n) is 6.94. The van der Waals surface area contributed by atoms with Gasteiger partial charge in [-0.25, -0.2) is 0 Å². The van der Waals surface area contributed by atoms with E-state index in [2.05, 4.69) is 24.1 Å². The summed E-state index contributed by atoms with van der Waals surface area (Å²) in [7, 11) is 0. The highest BCUT2D eigenvalue weighted by Crippen LogP contribution is 2.33. The van der Waals surface area contributed by atoms with E-state index in [1.807, 2.05) is 0 Å². The molecule has 3 aliphatic rings. The molecule has 0 saturated carbocycles. The van der Waals surface area contributed by atoms with Gasteiger partial charge in [0.15, 0.2) is 0 Å². The molecule has 3 unspecified atom stereocenters. The van der Waals surface area contributed by atoms with Gasteiger partial charge in [-0.05, 0) is 58.5 Å². The smallest absolute Gasteiger partial charge is 0.222 e. The summed E-state index contributed by atoms with van der Waals surface area (Å²) in [5, 5.41) is 3.46. The van der Waals surface area contributed by atoms with Gasteiger partial charge in [-0.15, -0.1) is 0 Å². The topological polar surface area (TPSA) is 41.6 Å². The Kier molecular flexibility index (Phi) is 3.56. The van der Waals surface area contributed by atoms with Crippen molar-refractivity contribution < 1.29 is 9.53 Å². The van der Waals surface area contributed by atoms with Crippen molar-refractivity contribution in [1.29, 1.82) is 0 Å². The van der Waals surface area contributed by atoms with Gasteiger partial charge >= 0.3 is 0 Å². The third kappa shape index (κ3) is 2.79. The van der Waals surface area contributed by atoms with E-state index >= 15 is 0 Å². The van der Waals surface area contributed by atoms with Crippen molar-refractivity contribution in [3.8, 4) is 0 Å². The highest BCUT2D eigenvalue weighted by molar-refractivity contribution is 5.77. The van der Waals surface area contributed by atoms with E-state index in [0.29, 0.717) is 17.9 Å². The van der Waals surface area contributed by atoms with Gasteiger partial charge in [-0.1, -0.05) is 0 Å². The van der Waals surface area contributed by atoms with Crippen molar-refractivity contribution in [3.63, 3.8) is 0 Å². The van der Waals surface area contributed by atoms with E-state index in [9.17, 15) is 4.79 Å². The van der Waals surface area contributed by atoms with Gasteiger partial charge in [0.2, 0.25) is 5.91 Å². The number of ether oxygens (including phenoxy) is 1. The third-order valence-electron chi connectivity index (χ3n) is 4.97. The lowest BCUT2D eigenvalue weighted by molar-refractivity contribution is -0.143. The van der Waals surface area contributed by atoms with Crippen molar-refractivity contribution in [1.82, 2.24) is 10.2 Å². The molecule has 4 nitrogen and oxygen atoms in total. The highest BCUT2D eigenvalue weighted by atomic mass is 16.5. The molecule has 0 aromatic carbocycles. The predicted octanol–water partition coefficient (Wildman–Crippen LogP) is 1.54. The van der Waals surface area contributed by atoms with Crippen molar-refractivity contribution in [3.05, 3.63) is 0 Å². The zero-order chi connectivity index (χ0) is 13.5. The molecule has 3 fully saturated rings. The fourth-order valence-corrected chi connectivity index (χ4v) is 3.91. The largest absolute Gasteiger partial charge is 0.371 e. The Morgan fingerprint density at radius 3 is 2.95 bits per heavy atom. The van der Waals surface area contributed by atoms with Crippen molar-refractivity contribution in [2.75, 3.05) is 19.6 Å². The van der Waals surface area contributed by atoms with E-state index in [1.165, 1.54) is 0 Å². The summed E-state index contributed by atoms with van der Waals surface area (Å²) < 4.78 is 6.07. The van der Waals surface area contributed by atoms with Crippen LogP contribution in [0.25, 0.3) is 0 Å². The van der Waals surface area contributed by atoms with E-state index in [1.54, 1.807) is 0 Å². The number of amides is 1. The number of carbonyl (C=O) groups is 1. The van der Waals surface area contributed by atoms with Crippen LogP contribution in [0.5, 0.6) is 0 Å². The van der Waals surface area contributed by atoms with Gasteiger partial charge in [0.25, 0.3) is 0 Å². The van der Waals surface area contributed by atoms with Crippen LogP contribution in [0.2, 0.25) is 0 Å². The van der Waals surface area contributed by atoms with Crippen molar-refractivity contribution >= 4 is 5.91 Å². The lowest BCUT2D eigenvalue weighted by Gasteiger charge is -2.45. The summed E-state index contributed by atoms with van der Waals surface area (Å²) in [5.41, 5.74) is -0.00295. The minimum Gasteiger partial charge on any atom is -0.371 e. The zero-order valence-corrected chi connectivity index (χ0v) is 12.2. The number of nitrogens with zero attached hydrogens (tertiary/aromatic N) is 1. The SMILES string of the molecule is CC1(C)CCC(CN2C(=O)CCC3CNCCC32)O1. The van der Waals surface area contributed by atoms with Gasteiger partial charge < -0.3 is 15.0 Å². The molecule has 0 spiro atoms.